The number of nitrogens with zero attached hydrogens (tertiary/aromatic N) is 2. The first kappa shape index (κ1) is 14.3. The largest absolute Gasteiger partial charge is 0.437 e. The Morgan fingerprint density at radius 1 is 1.00 bits per heavy atom. The average Bonchev–Trinajstić information content (AvgIpc) is 2.75. The summed E-state index contributed by atoms with van der Waals surface area (Å²) in [6.45, 7) is 8.16. The molecule has 1 aromatic carbocycles. The van der Waals surface area contributed by atoms with Crippen LogP contribution >= 0.6 is 22.9 Å². The number of benzene rings is 1. The Morgan fingerprint density at radius 2 is 1.67 bits per heavy atom. The van der Waals surface area contributed by atoms with E-state index in [1.807, 2.05) is 26.2 Å². The van der Waals surface area contributed by atoms with Crippen molar-refractivity contribution in [3.05, 3.63) is 45.1 Å². The molecule has 0 amide bonds. The third-order valence-corrected chi connectivity index (χ3v) is 4.58. The molecule has 3 nitrogen and oxygen atoms in total. The van der Waals surface area contributed by atoms with E-state index in [0.717, 1.165) is 32.7 Å². The van der Waals surface area contributed by atoms with E-state index in [1.54, 1.807) is 11.3 Å². The average molecular weight is 319 g/mol. The number of thiophene rings is 1. The predicted molar refractivity (Wildman–Crippen MR) is 87.9 cm³/mol. The maximum absolute atomic E-state index is 6.08. The molecule has 0 aliphatic carbocycles. The first-order chi connectivity index (χ1) is 9.95. The zero-order chi connectivity index (χ0) is 15.1. The molecule has 0 aliphatic rings. The standard InChI is InChI=1S/C16H15ClN2OS/c1-8-5-9(2)13(10(3)6-8)20-15-14-12(11(4)7-21-14)18-16(17)19-15/h5-7H,1-4H3. The van der Waals surface area contributed by atoms with E-state index < -0.39 is 0 Å². The first-order valence-corrected chi connectivity index (χ1v) is 7.88. The molecule has 0 unspecified atom stereocenters. The Kier molecular flexibility index (Phi) is 3.59. The van der Waals surface area contributed by atoms with Crippen molar-refractivity contribution in [1.29, 1.82) is 0 Å². The molecule has 2 aromatic heterocycles. The Morgan fingerprint density at radius 3 is 2.33 bits per heavy atom. The van der Waals surface area contributed by atoms with E-state index in [2.05, 4.69) is 29.0 Å². The SMILES string of the molecule is Cc1cc(C)c(Oc2nc(Cl)nc3c(C)csc23)c(C)c1. The van der Waals surface area contributed by atoms with E-state index in [-0.39, 0.29) is 5.28 Å². The summed E-state index contributed by atoms with van der Waals surface area (Å²) >= 11 is 7.60. The van der Waals surface area contributed by atoms with Crippen LogP contribution in [0.25, 0.3) is 10.2 Å². The fraction of sp³-hybridized carbons (Fsp3) is 0.250. The molecule has 0 radical (unpaired) electrons. The fourth-order valence-electron chi connectivity index (χ4n) is 2.47. The van der Waals surface area contributed by atoms with Gasteiger partial charge < -0.3 is 4.74 Å². The van der Waals surface area contributed by atoms with Gasteiger partial charge in [0.15, 0.2) is 0 Å². The fourth-order valence-corrected chi connectivity index (χ4v) is 3.55. The van der Waals surface area contributed by atoms with Gasteiger partial charge >= 0.3 is 0 Å². The van der Waals surface area contributed by atoms with Gasteiger partial charge in [-0.1, -0.05) is 17.7 Å². The van der Waals surface area contributed by atoms with Crippen molar-refractivity contribution < 1.29 is 4.74 Å². The van der Waals surface area contributed by atoms with Crippen LogP contribution in [0.15, 0.2) is 17.5 Å². The maximum Gasteiger partial charge on any atom is 0.241 e. The molecule has 0 aliphatic heterocycles. The van der Waals surface area contributed by atoms with Crippen LogP contribution in [0.3, 0.4) is 0 Å². The summed E-state index contributed by atoms with van der Waals surface area (Å²) in [4.78, 5) is 8.54. The van der Waals surface area contributed by atoms with Crippen LogP contribution in [0.1, 0.15) is 22.3 Å². The minimum Gasteiger partial charge on any atom is -0.437 e. The lowest BCUT2D eigenvalue weighted by Crippen LogP contribution is -1.96. The lowest BCUT2D eigenvalue weighted by molar-refractivity contribution is 0.462. The second-order valence-electron chi connectivity index (χ2n) is 5.22. The maximum atomic E-state index is 6.08. The smallest absolute Gasteiger partial charge is 0.241 e. The summed E-state index contributed by atoms with van der Waals surface area (Å²) in [5.41, 5.74) is 5.33. The van der Waals surface area contributed by atoms with Gasteiger partial charge in [0.25, 0.3) is 0 Å². The number of aryl methyl sites for hydroxylation is 4. The van der Waals surface area contributed by atoms with Gasteiger partial charge in [0, 0.05) is 0 Å². The van der Waals surface area contributed by atoms with Crippen molar-refractivity contribution in [1.82, 2.24) is 9.97 Å². The van der Waals surface area contributed by atoms with E-state index in [1.165, 1.54) is 5.56 Å². The molecule has 108 valence electrons. The molecule has 0 saturated heterocycles. The highest BCUT2D eigenvalue weighted by molar-refractivity contribution is 7.17. The number of hydrogen-bond donors (Lipinski definition) is 0. The summed E-state index contributed by atoms with van der Waals surface area (Å²) in [7, 11) is 0. The topological polar surface area (TPSA) is 35.0 Å². The molecule has 2 heterocycles. The molecule has 5 heteroatoms. The van der Waals surface area contributed by atoms with Gasteiger partial charge in [0.05, 0.1) is 5.52 Å². The van der Waals surface area contributed by atoms with Crippen molar-refractivity contribution in [2.24, 2.45) is 0 Å². The zero-order valence-corrected chi connectivity index (χ0v) is 13.9. The van der Waals surface area contributed by atoms with Crippen LogP contribution in [0.4, 0.5) is 0 Å². The van der Waals surface area contributed by atoms with Gasteiger partial charge in [-0.2, -0.15) is 4.98 Å². The first-order valence-electron chi connectivity index (χ1n) is 6.62. The van der Waals surface area contributed by atoms with Gasteiger partial charge in [-0.05, 0) is 61.4 Å². The van der Waals surface area contributed by atoms with Crippen molar-refractivity contribution in [3.63, 3.8) is 0 Å². The molecule has 21 heavy (non-hydrogen) atoms. The monoisotopic (exact) mass is 318 g/mol. The number of rotatable bonds is 2. The molecular weight excluding hydrogens is 304 g/mol. The van der Waals surface area contributed by atoms with Crippen molar-refractivity contribution in [3.8, 4) is 11.6 Å². The van der Waals surface area contributed by atoms with Crippen molar-refractivity contribution in [2.75, 3.05) is 0 Å². The summed E-state index contributed by atoms with van der Waals surface area (Å²) in [5.74, 6) is 1.36. The second kappa shape index (κ2) is 5.28. The lowest BCUT2D eigenvalue weighted by Gasteiger charge is -2.12. The van der Waals surface area contributed by atoms with Gasteiger partial charge in [0.2, 0.25) is 11.2 Å². The van der Waals surface area contributed by atoms with Gasteiger partial charge in [0.1, 0.15) is 10.4 Å². The highest BCUT2D eigenvalue weighted by Crippen LogP contribution is 2.36. The minimum absolute atomic E-state index is 0.210. The molecule has 3 aromatic rings. The van der Waals surface area contributed by atoms with E-state index in [0.29, 0.717) is 5.88 Å². The summed E-state index contributed by atoms with van der Waals surface area (Å²) < 4.78 is 7.00. The third-order valence-electron chi connectivity index (χ3n) is 3.34. The van der Waals surface area contributed by atoms with Gasteiger partial charge in [-0.25, -0.2) is 4.98 Å². The number of hydrogen-bond acceptors (Lipinski definition) is 4. The lowest BCUT2D eigenvalue weighted by atomic mass is 10.1. The van der Waals surface area contributed by atoms with Crippen LogP contribution in [0.5, 0.6) is 11.6 Å². The Balaban J connectivity index is 2.14. The van der Waals surface area contributed by atoms with Gasteiger partial charge in [-0.15, -0.1) is 11.3 Å². The third kappa shape index (κ3) is 2.61. The highest BCUT2D eigenvalue weighted by Gasteiger charge is 2.15. The number of fused-ring (bicyclic) bond motifs is 1. The van der Waals surface area contributed by atoms with E-state index >= 15 is 0 Å². The molecule has 0 saturated carbocycles. The molecular formula is C16H15ClN2OS. The quantitative estimate of drug-likeness (QED) is 0.596. The molecule has 0 spiro atoms. The van der Waals surface area contributed by atoms with Crippen molar-refractivity contribution >= 4 is 33.2 Å². The minimum atomic E-state index is 0.210. The summed E-state index contributed by atoms with van der Waals surface area (Å²) in [5, 5.41) is 2.25. The van der Waals surface area contributed by atoms with Crippen LogP contribution in [-0.4, -0.2) is 9.97 Å². The highest BCUT2D eigenvalue weighted by atomic mass is 35.5. The molecule has 0 atom stereocenters. The Hall–Kier alpha value is -1.65. The van der Waals surface area contributed by atoms with Crippen LogP contribution in [0.2, 0.25) is 5.28 Å². The second-order valence-corrected chi connectivity index (χ2v) is 6.44. The predicted octanol–water partition coefficient (Wildman–Crippen LogP) is 5.37. The van der Waals surface area contributed by atoms with Gasteiger partial charge in [-0.3, -0.25) is 0 Å². The van der Waals surface area contributed by atoms with E-state index in [4.69, 9.17) is 16.3 Å². The molecule has 3 rings (SSSR count). The Bertz CT molecular complexity index is 819. The van der Waals surface area contributed by atoms with Crippen LogP contribution < -0.4 is 4.74 Å². The van der Waals surface area contributed by atoms with E-state index in [9.17, 15) is 0 Å². The zero-order valence-electron chi connectivity index (χ0n) is 12.3. The summed E-state index contributed by atoms with van der Waals surface area (Å²) in [6, 6.07) is 4.20. The normalized spacial score (nSPS) is 11.1. The van der Waals surface area contributed by atoms with Crippen molar-refractivity contribution in [2.45, 2.75) is 27.7 Å². The molecule has 0 bridgehead atoms. The Labute approximate surface area is 132 Å². The number of ether oxygens (including phenoxy) is 1. The number of halogens is 1. The molecule has 0 fully saturated rings. The summed E-state index contributed by atoms with van der Waals surface area (Å²) in [6.07, 6.45) is 0. The molecule has 0 N–H and O–H groups in total. The number of aromatic nitrogens is 2. The van der Waals surface area contributed by atoms with Crippen LogP contribution in [0, 0.1) is 27.7 Å². The van der Waals surface area contributed by atoms with Crippen LogP contribution in [-0.2, 0) is 0 Å².